The Hall–Kier alpha value is -2.00. The lowest BCUT2D eigenvalue weighted by molar-refractivity contribution is 0.309. The van der Waals surface area contributed by atoms with Crippen LogP contribution in [0.4, 0.5) is 0 Å². The van der Waals surface area contributed by atoms with Crippen molar-refractivity contribution in [2.24, 2.45) is 0 Å². The molecule has 0 amide bonds. The van der Waals surface area contributed by atoms with E-state index in [1.807, 2.05) is 30.6 Å². The second kappa shape index (κ2) is 7.55. The average Bonchev–Trinajstić information content (AvgIpc) is 3.12. The van der Waals surface area contributed by atoms with Crippen LogP contribution in [-0.4, -0.2) is 25.0 Å². The summed E-state index contributed by atoms with van der Waals surface area (Å²) in [7, 11) is 0. The predicted molar refractivity (Wildman–Crippen MR) is 118 cm³/mol. The number of aromatic nitrogens is 3. The van der Waals surface area contributed by atoms with Gasteiger partial charge in [-0.1, -0.05) is 12.1 Å². The molecule has 0 saturated carbocycles. The van der Waals surface area contributed by atoms with Crippen molar-refractivity contribution in [3.8, 4) is 0 Å². The van der Waals surface area contributed by atoms with Crippen LogP contribution in [0.1, 0.15) is 40.3 Å². The van der Waals surface area contributed by atoms with E-state index < -0.39 is 0 Å². The molecule has 1 aliphatic rings. The molecule has 7 heteroatoms. The number of H-pyrrole nitrogens is 1. The molecule has 5 nitrogen and oxygen atoms in total. The maximum absolute atomic E-state index is 5.74. The fourth-order valence-electron chi connectivity index (χ4n) is 3.70. The van der Waals surface area contributed by atoms with Crippen LogP contribution in [0.2, 0.25) is 0 Å². The van der Waals surface area contributed by atoms with Crippen molar-refractivity contribution >= 4 is 39.9 Å². The van der Waals surface area contributed by atoms with Gasteiger partial charge in [-0.2, -0.15) is 0 Å². The molecule has 1 aliphatic heterocycles. The van der Waals surface area contributed by atoms with Crippen LogP contribution in [0, 0.1) is 17.4 Å². The van der Waals surface area contributed by atoms with Gasteiger partial charge in [-0.25, -0.2) is 0 Å². The minimum absolute atomic E-state index is 0.00205. The fourth-order valence-corrected chi connectivity index (χ4v) is 4.86. The molecule has 1 saturated heterocycles. The largest absolute Gasteiger partial charge is 0.362 e. The minimum Gasteiger partial charge on any atom is -0.362 e. The molecule has 2 atom stereocenters. The Morgan fingerprint density at radius 1 is 1.15 bits per heavy atom. The van der Waals surface area contributed by atoms with Gasteiger partial charge >= 0.3 is 0 Å². The number of nitrogens with zero attached hydrogens (tertiary/aromatic N) is 3. The lowest BCUT2D eigenvalue weighted by Crippen LogP contribution is -2.29. The van der Waals surface area contributed by atoms with E-state index in [0.29, 0.717) is 6.54 Å². The normalized spacial score (nSPS) is 19.4. The summed E-state index contributed by atoms with van der Waals surface area (Å²) in [6, 6.07) is 10.1. The first-order valence-corrected chi connectivity index (χ1v) is 10.3. The van der Waals surface area contributed by atoms with E-state index in [4.69, 9.17) is 12.2 Å². The second-order valence-electron chi connectivity index (χ2n) is 6.72. The van der Waals surface area contributed by atoms with Gasteiger partial charge in [0.15, 0.2) is 5.11 Å². The zero-order valence-electron chi connectivity index (χ0n) is 15.1. The highest BCUT2D eigenvalue weighted by atomic mass is 127. The van der Waals surface area contributed by atoms with Crippen LogP contribution in [0.5, 0.6) is 0 Å². The molecule has 138 valence electrons. The number of thiocarbonyl (C=S) groups is 1. The molecule has 0 radical (unpaired) electrons. The summed E-state index contributed by atoms with van der Waals surface area (Å²) in [5, 5.41) is 4.25. The van der Waals surface area contributed by atoms with Crippen LogP contribution < -0.4 is 5.32 Å². The van der Waals surface area contributed by atoms with Crippen LogP contribution in [-0.2, 0) is 6.54 Å². The Balaban J connectivity index is 1.80. The third kappa shape index (κ3) is 3.45. The van der Waals surface area contributed by atoms with Crippen molar-refractivity contribution < 1.29 is 0 Å². The van der Waals surface area contributed by atoms with Crippen molar-refractivity contribution in [3.05, 3.63) is 80.7 Å². The Bertz CT molecular complexity index is 957. The van der Waals surface area contributed by atoms with Crippen LogP contribution in [0.15, 0.2) is 48.9 Å². The molecule has 1 fully saturated rings. The predicted octanol–water partition coefficient (Wildman–Crippen LogP) is 4.20. The maximum atomic E-state index is 5.74. The Morgan fingerprint density at radius 3 is 2.63 bits per heavy atom. The first-order valence-electron chi connectivity index (χ1n) is 8.77. The number of aromatic amines is 1. The number of hydrogen-bond acceptors (Lipinski definition) is 3. The lowest BCUT2D eigenvalue weighted by Gasteiger charge is -2.28. The van der Waals surface area contributed by atoms with E-state index in [1.165, 1.54) is 20.5 Å². The smallest absolute Gasteiger partial charge is 0.170 e. The van der Waals surface area contributed by atoms with Crippen molar-refractivity contribution in [2.45, 2.75) is 32.5 Å². The number of halogens is 1. The molecule has 0 aromatic carbocycles. The monoisotopic (exact) mass is 489 g/mol. The van der Waals surface area contributed by atoms with Crippen molar-refractivity contribution in [2.75, 3.05) is 0 Å². The van der Waals surface area contributed by atoms with E-state index in [0.717, 1.165) is 16.4 Å². The summed E-state index contributed by atoms with van der Waals surface area (Å²) in [4.78, 5) is 14.6. The fraction of sp³-hybridized carbons (Fsp3) is 0.250. The summed E-state index contributed by atoms with van der Waals surface area (Å²) in [5.74, 6) is 0. The summed E-state index contributed by atoms with van der Waals surface area (Å²) in [5.41, 5.74) is 5.76. The third-order valence-electron chi connectivity index (χ3n) is 4.91. The molecule has 4 rings (SSSR count). The number of nitrogens with one attached hydrogen (secondary N) is 2. The average molecular weight is 489 g/mol. The van der Waals surface area contributed by atoms with Crippen molar-refractivity contribution in [1.82, 2.24) is 25.2 Å². The molecule has 2 N–H and O–H groups in total. The lowest BCUT2D eigenvalue weighted by atomic mass is 9.96. The molecule has 0 bridgehead atoms. The van der Waals surface area contributed by atoms with Gasteiger partial charge in [-0.15, -0.1) is 0 Å². The SMILES string of the molecule is Cc1[nH]c(C)c([C@H]2[C@@H](c3ccccn3)NC(=S)N2Cc2cccnc2)c1I. The highest BCUT2D eigenvalue weighted by Gasteiger charge is 2.42. The Labute approximate surface area is 177 Å². The van der Waals surface area contributed by atoms with Crippen LogP contribution in [0.3, 0.4) is 0 Å². The first kappa shape index (κ1) is 18.4. The second-order valence-corrected chi connectivity index (χ2v) is 8.18. The van der Waals surface area contributed by atoms with E-state index in [-0.39, 0.29) is 12.1 Å². The summed E-state index contributed by atoms with van der Waals surface area (Å²) in [6.07, 6.45) is 5.52. The number of hydrogen-bond donors (Lipinski definition) is 2. The van der Waals surface area contributed by atoms with Gasteiger partial charge < -0.3 is 15.2 Å². The molecule has 0 spiro atoms. The van der Waals surface area contributed by atoms with E-state index in [2.05, 4.69) is 73.7 Å². The molecule has 4 heterocycles. The molecular formula is C20H20IN5S. The topological polar surface area (TPSA) is 56.8 Å². The zero-order valence-corrected chi connectivity index (χ0v) is 18.1. The van der Waals surface area contributed by atoms with E-state index in [1.54, 1.807) is 6.20 Å². The highest BCUT2D eigenvalue weighted by molar-refractivity contribution is 14.1. The van der Waals surface area contributed by atoms with Gasteiger partial charge in [-0.3, -0.25) is 9.97 Å². The Kier molecular flexibility index (Phi) is 5.14. The van der Waals surface area contributed by atoms with Crippen molar-refractivity contribution in [3.63, 3.8) is 0 Å². The Morgan fingerprint density at radius 2 is 2.00 bits per heavy atom. The molecule has 0 aliphatic carbocycles. The van der Waals surface area contributed by atoms with Gasteiger partial charge in [0.2, 0.25) is 0 Å². The standard InChI is InChI=1S/C20H20IN5S/c1-12-16(17(21)13(2)24-12)19-18(15-7-3-4-9-23-15)25-20(27)26(19)11-14-6-5-8-22-10-14/h3-10,18-19,24H,11H2,1-2H3,(H,25,27)/t18-,19+/m1/s1. The summed E-state index contributed by atoms with van der Waals surface area (Å²) < 4.78 is 1.25. The van der Waals surface area contributed by atoms with Crippen molar-refractivity contribution in [1.29, 1.82) is 0 Å². The molecular weight excluding hydrogens is 469 g/mol. The van der Waals surface area contributed by atoms with Crippen LogP contribution in [0.25, 0.3) is 0 Å². The molecule has 3 aromatic heterocycles. The zero-order chi connectivity index (χ0) is 19.0. The quantitative estimate of drug-likeness (QED) is 0.425. The minimum atomic E-state index is -0.00205. The van der Waals surface area contributed by atoms with Gasteiger partial charge in [0.1, 0.15) is 0 Å². The molecule has 27 heavy (non-hydrogen) atoms. The third-order valence-corrected chi connectivity index (χ3v) is 6.66. The maximum Gasteiger partial charge on any atom is 0.170 e. The number of rotatable bonds is 4. The number of aryl methyl sites for hydroxylation is 2. The van der Waals surface area contributed by atoms with Crippen LogP contribution >= 0.6 is 34.8 Å². The van der Waals surface area contributed by atoms with Gasteiger partial charge in [0.05, 0.1) is 17.8 Å². The first-order chi connectivity index (χ1) is 13.1. The van der Waals surface area contributed by atoms with Gasteiger partial charge in [0.25, 0.3) is 0 Å². The summed E-state index contributed by atoms with van der Waals surface area (Å²) >= 11 is 8.17. The van der Waals surface area contributed by atoms with Gasteiger partial charge in [-0.05, 0) is 72.4 Å². The highest BCUT2D eigenvalue weighted by Crippen LogP contribution is 2.43. The summed E-state index contributed by atoms with van der Waals surface area (Å²) in [6.45, 7) is 4.94. The molecule has 0 unspecified atom stereocenters. The number of pyridine rings is 2. The van der Waals surface area contributed by atoms with E-state index >= 15 is 0 Å². The van der Waals surface area contributed by atoms with Gasteiger partial charge in [0, 0.05) is 45.7 Å². The van der Waals surface area contributed by atoms with E-state index in [9.17, 15) is 0 Å². The molecule has 3 aromatic rings.